The number of nitro benzene ring substituents is 1. The molecule has 7 N–H and O–H groups in total. The predicted octanol–water partition coefficient (Wildman–Crippen LogP) is 0.989. The molecule has 2 aromatic rings. The van der Waals surface area contributed by atoms with Gasteiger partial charge in [-0.15, -0.1) is 0 Å². The first-order valence-electron chi connectivity index (χ1n) is 13.3. The number of hydrogen-bond donors (Lipinski definition) is 5. The van der Waals surface area contributed by atoms with Crippen LogP contribution in [0.2, 0.25) is 0 Å². The van der Waals surface area contributed by atoms with E-state index in [9.17, 15) is 29.3 Å². The van der Waals surface area contributed by atoms with Crippen LogP contribution in [0.5, 0.6) is 0 Å². The molecule has 42 heavy (non-hydrogen) atoms. The van der Waals surface area contributed by atoms with Crippen LogP contribution < -0.4 is 27.4 Å². The van der Waals surface area contributed by atoms with E-state index in [0.29, 0.717) is 31.5 Å². The highest BCUT2D eigenvalue weighted by Gasteiger charge is 2.35. The van der Waals surface area contributed by atoms with Crippen LogP contribution in [-0.4, -0.2) is 71.3 Å². The van der Waals surface area contributed by atoms with Gasteiger partial charge in [0.05, 0.1) is 4.92 Å². The molecule has 3 rings (SSSR count). The monoisotopic (exact) mass is 582 g/mol. The van der Waals surface area contributed by atoms with E-state index in [1.807, 2.05) is 18.2 Å². The number of amides is 4. The van der Waals surface area contributed by atoms with Crippen LogP contribution in [0.25, 0.3) is 0 Å². The summed E-state index contributed by atoms with van der Waals surface area (Å²) in [6, 6.07) is 12.5. The highest BCUT2D eigenvalue weighted by Crippen LogP contribution is 2.19. The van der Waals surface area contributed by atoms with Crippen molar-refractivity contribution in [1.29, 1.82) is 0 Å². The number of likely N-dealkylation sites (tertiary alicyclic amines) is 1. The summed E-state index contributed by atoms with van der Waals surface area (Å²) in [5, 5.41) is 18.7. The van der Waals surface area contributed by atoms with Crippen LogP contribution in [0, 0.1) is 10.1 Å². The predicted molar refractivity (Wildman–Crippen MR) is 153 cm³/mol. The number of benzene rings is 2. The average molecular weight is 583 g/mol. The third kappa shape index (κ3) is 9.76. The Hall–Kier alpha value is -5.21. The van der Waals surface area contributed by atoms with Gasteiger partial charge >= 0.3 is 6.09 Å². The molecule has 0 spiro atoms. The number of nitrogens with one attached hydrogen (secondary N) is 3. The van der Waals surface area contributed by atoms with Crippen molar-refractivity contribution in [2.75, 3.05) is 25.0 Å². The first kappa shape index (κ1) is 31.3. The summed E-state index contributed by atoms with van der Waals surface area (Å²) < 4.78 is 5.12. The molecule has 2 atom stereocenters. The number of carbonyl (C=O) groups excluding carboxylic acids is 4. The Morgan fingerprint density at radius 1 is 1.10 bits per heavy atom. The summed E-state index contributed by atoms with van der Waals surface area (Å²) in [7, 11) is 0. The van der Waals surface area contributed by atoms with Crippen molar-refractivity contribution in [3.05, 3.63) is 70.3 Å². The Kier molecular flexibility index (Phi) is 11.6. The third-order valence-corrected chi connectivity index (χ3v) is 6.40. The zero-order chi connectivity index (χ0) is 30.5. The van der Waals surface area contributed by atoms with Crippen molar-refractivity contribution in [2.24, 2.45) is 16.5 Å². The number of anilines is 1. The summed E-state index contributed by atoms with van der Waals surface area (Å²) in [5.74, 6) is -1.66. The average Bonchev–Trinajstić information content (AvgIpc) is 3.47. The number of ether oxygens (including phenoxy) is 1. The van der Waals surface area contributed by atoms with Crippen LogP contribution >= 0.6 is 0 Å². The minimum absolute atomic E-state index is 0.0438. The Balaban J connectivity index is 1.58. The van der Waals surface area contributed by atoms with Crippen LogP contribution in [0.3, 0.4) is 0 Å². The van der Waals surface area contributed by atoms with Gasteiger partial charge in [-0.1, -0.05) is 30.3 Å². The van der Waals surface area contributed by atoms with Crippen LogP contribution in [0.1, 0.15) is 31.2 Å². The third-order valence-electron chi connectivity index (χ3n) is 6.40. The first-order valence-corrected chi connectivity index (χ1v) is 13.3. The number of nitrogens with zero attached hydrogens (tertiary/aromatic N) is 3. The van der Waals surface area contributed by atoms with E-state index in [1.165, 1.54) is 29.2 Å². The molecule has 0 bridgehead atoms. The van der Waals surface area contributed by atoms with Gasteiger partial charge in [0.15, 0.2) is 5.96 Å². The lowest BCUT2D eigenvalue weighted by atomic mass is 10.1. The second-order valence-corrected chi connectivity index (χ2v) is 9.46. The molecule has 1 saturated heterocycles. The number of guanidine groups is 1. The number of nitro groups is 1. The molecule has 0 aromatic heterocycles. The molecule has 0 saturated carbocycles. The molecule has 0 aliphatic carbocycles. The number of carbonyl (C=O) groups is 4. The maximum absolute atomic E-state index is 13.2. The van der Waals surface area contributed by atoms with Gasteiger partial charge in [0, 0.05) is 30.9 Å². The van der Waals surface area contributed by atoms with Gasteiger partial charge < -0.3 is 37.1 Å². The van der Waals surface area contributed by atoms with E-state index in [2.05, 4.69) is 20.9 Å². The van der Waals surface area contributed by atoms with E-state index < -0.39 is 40.8 Å². The SMILES string of the molecule is NC(N)=NCCCC(NC(=O)C1CCCN1C(=O)CNC(=O)OCc1ccccc1)C(=O)Nc1ccc([N+](=O)[O-])cc1. The Labute approximate surface area is 241 Å². The van der Waals surface area contributed by atoms with Crippen LogP contribution in [0.15, 0.2) is 59.6 Å². The van der Waals surface area contributed by atoms with Gasteiger partial charge in [-0.25, -0.2) is 4.79 Å². The van der Waals surface area contributed by atoms with E-state index in [0.717, 1.165) is 5.56 Å². The number of alkyl carbamates (subject to hydrolysis) is 1. The molecular weight excluding hydrogens is 548 g/mol. The minimum atomic E-state index is -1.01. The summed E-state index contributed by atoms with van der Waals surface area (Å²) in [4.78, 5) is 66.8. The molecule has 2 unspecified atom stereocenters. The lowest BCUT2D eigenvalue weighted by Crippen LogP contribution is -2.53. The molecule has 4 amide bonds. The van der Waals surface area contributed by atoms with Gasteiger partial charge in [-0.3, -0.25) is 29.5 Å². The molecule has 2 aromatic carbocycles. The lowest BCUT2D eigenvalue weighted by molar-refractivity contribution is -0.384. The first-order chi connectivity index (χ1) is 20.1. The quantitative estimate of drug-likeness (QED) is 0.0745. The number of aliphatic imine (C=N–C) groups is 1. The van der Waals surface area contributed by atoms with E-state index in [1.54, 1.807) is 12.1 Å². The topological polar surface area (TPSA) is 224 Å². The smallest absolute Gasteiger partial charge is 0.407 e. The molecule has 1 heterocycles. The fourth-order valence-electron chi connectivity index (χ4n) is 4.30. The number of non-ortho nitro benzene ring substituents is 1. The number of rotatable bonds is 13. The second-order valence-electron chi connectivity index (χ2n) is 9.46. The maximum Gasteiger partial charge on any atom is 0.407 e. The van der Waals surface area contributed by atoms with Crippen molar-refractivity contribution in [1.82, 2.24) is 15.5 Å². The Bertz CT molecular complexity index is 1280. The molecule has 15 heteroatoms. The van der Waals surface area contributed by atoms with E-state index >= 15 is 0 Å². The minimum Gasteiger partial charge on any atom is -0.445 e. The van der Waals surface area contributed by atoms with Crippen molar-refractivity contribution in [2.45, 2.75) is 44.4 Å². The molecule has 1 aliphatic rings. The molecule has 15 nitrogen and oxygen atoms in total. The zero-order valence-electron chi connectivity index (χ0n) is 22.9. The standard InChI is InChI=1S/C27H34N8O7/c28-26(29)30-14-4-8-21(24(37)32-19-10-12-20(13-11-19)35(40)41)33-25(38)22-9-5-15-34(22)23(36)16-31-27(39)42-17-18-6-2-1-3-7-18/h1-3,6-7,10-13,21-22H,4-5,8-9,14-17H2,(H,31,39)(H,32,37)(H,33,38)(H4,28,29,30). The van der Waals surface area contributed by atoms with Gasteiger partial charge in [-0.2, -0.15) is 0 Å². The largest absolute Gasteiger partial charge is 0.445 e. The van der Waals surface area contributed by atoms with Crippen molar-refractivity contribution in [3.8, 4) is 0 Å². The van der Waals surface area contributed by atoms with Gasteiger partial charge in [0.2, 0.25) is 17.7 Å². The molecule has 0 radical (unpaired) electrons. The fourth-order valence-corrected chi connectivity index (χ4v) is 4.30. The second kappa shape index (κ2) is 15.5. The van der Waals surface area contributed by atoms with E-state index in [-0.39, 0.29) is 37.8 Å². The summed E-state index contributed by atoms with van der Waals surface area (Å²) in [6.45, 7) is 0.212. The molecule has 1 aliphatic heterocycles. The Morgan fingerprint density at radius 2 is 1.81 bits per heavy atom. The van der Waals surface area contributed by atoms with Gasteiger partial charge in [0.25, 0.3) is 5.69 Å². The van der Waals surface area contributed by atoms with Crippen LogP contribution in [-0.2, 0) is 25.7 Å². The van der Waals surface area contributed by atoms with Crippen molar-refractivity contribution >= 4 is 41.1 Å². The van der Waals surface area contributed by atoms with Crippen LogP contribution in [0.4, 0.5) is 16.2 Å². The summed E-state index contributed by atoms with van der Waals surface area (Å²) in [5.41, 5.74) is 11.7. The highest BCUT2D eigenvalue weighted by molar-refractivity contribution is 5.98. The van der Waals surface area contributed by atoms with Gasteiger partial charge in [-0.05, 0) is 43.4 Å². The fraction of sp³-hybridized carbons (Fsp3) is 0.370. The van der Waals surface area contributed by atoms with Crippen molar-refractivity contribution < 1.29 is 28.8 Å². The lowest BCUT2D eigenvalue weighted by Gasteiger charge is -2.26. The number of nitrogens with two attached hydrogens (primary N) is 2. The molecule has 224 valence electrons. The van der Waals surface area contributed by atoms with Gasteiger partial charge in [0.1, 0.15) is 25.2 Å². The maximum atomic E-state index is 13.2. The van der Waals surface area contributed by atoms with E-state index in [4.69, 9.17) is 16.2 Å². The number of hydrogen-bond acceptors (Lipinski definition) is 8. The highest BCUT2D eigenvalue weighted by atomic mass is 16.6. The molecule has 1 fully saturated rings. The summed E-state index contributed by atoms with van der Waals surface area (Å²) >= 11 is 0. The Morgan fingerprint density at radius 3 is 2.48 bits per heavy atom. The molecular formula is C27H34N8O7. The normalized spacial score (nSPS) is 14.8. The summed E-state index contributed by atoms with van der Waals surface area (Å²) in [6.07, 6.45) is 0.708. The van der Waals surface area contributed by atoms with Crippen molar-refractivity contribution in [3.63, 3.8) is 0 Å². The zero-order valence-corrected chi connectivity index (χ0v) is 22.9.